The van der Waals surface area contributed by atoms with Crippen LogP contribution in [-0.2, 0) is 27.7 Å². The lowest BCUT2D eigenvalue weighted by molar-refractivity contribution is -0.137. The van der Waals surface area contributed by atoms with Crippen LogP contribution in [0, 0.1) is 0 Å². The van der Waals surface area contributed by atoms with Crippen LogP contribution >= 0.6 is 0 Å². The summed E-state index contributed by atoms with van der Waals surface area (Å²) in [5.74, 6) is -1.45. The minimum atomic E-state index is -3.38. The quantitative estimate of drug-likeness (QED) is 0.728. The van der Waals surface area contributed by atoms with E-state index in [-0.39, 0.29) is 18.0 Å². The fourth-order valence-electron chi connectivity index (χ4n) is 1.98. The van der Waals surface area contributed by atoms with Gasteiger partial charge < -0.3 is 10.4 Å². The van der Waals surface area contributed by atoms with E-state index in [1.807, 2.05) is 0 Å². The molecule has 1 amide bonds. The number of carbonyl (C=O) groups is 2. The summed E-state index contributed by atoms with van der Waals surface area (Å²) >= 11 is 0. The molecule has 0 fully saturated rings. The number of carboxylic acids is 1. The minimum Gasteiger partial charge on any atom is -0.480 e. The summed E-state index contributed by atoms with van der Waals surface area (Å²) in [4.78, 5) is 22.8. The van der Waals surface area contributed by atoms with E-state index >= 15 is 0 Å². The fraction of sp³-hybridized carbons (Fsp3) is 0.333. The molecule has 2 N–H and O–H groups in total. The minimum absolute atomic E-state index is 0.0739. The van der Waals surface area contributed by atoms with Crippen molar-refractivity contribution in [2.45, 2.75) is 37.1 Å². The number of amides is 1. The van der Waals surface area contributed by atoms with Gasteiger partial charge in [-0.05, 0) is 38.1 Å². The second-order valence-electron chi connectivity index (χ2n) is 5.60. The Balaban J connectivity index is 1.99. The maximum atomic E-state index is 12.1. The van der Waals surface area contributed by atoms with Gasteiger partial charge in [0.15, 0.2) is 9.84 Å². The van der Waals surface area contributed by atoms with Crippen molar-refractivity contribution >= 4 is 21.7 Å². The molecule has 0 bridgehead atoms. The van der Waals surface area contributed by atoms with Gasteiger partial charge >= 0.3 is 5.97 Å². The summed E-state index contributed by atoms with van der Waals surface area (Å²) in [5, 5.41) is 18.1. The van der Waals surface area contributed by atoms with Crippen LogP contribution in [0.2, 0.25) is 0 Å². The van der Waals surface area contributed by atoms with Crippen molar-refractivity contribution < 1.29 is 23.1 Å². The van der Waals surface area contributed by atoms with Crippen molar-refractivity contribution in [3.05, 3.63) is 41.7 Å². The Morgan fingerprint density at radius 2 is 1.88 bits per heavy atom. The van der Waals surface area contributed by atoms with E-state index in [1.165, 1.54) is 30.5 Å². The van der Waals surface area contributed by atoms with E-state index < -0.39 is 27.0 Å². The molecule has 1 heterocycles. The molecule has 0 aliphatic rings. The number of hydrogen-bond acceptors (Lipinski definition) is 6. The summed E-state index contributed by atoms with van der Waals surface area (Å²) in [6.07, 6.45) is 1.42. The van der Waals surface area contributed by atoms with Gasteiger partial charge in [-0.1, -0.05) is 5.21 Å². The molecule has 0 aliphatic heterocycles. The number of rotatable bonds is 7. The number of hydrogen-bond donors (Lipinski definition) is 2. The molecule has 1 aromatic heterocycles. The van der Waals surface area contributed by atoms with E-state index in [0.717, 1.165) is 4.68 Å². The third-order valence-corrected chi connectivity index (χ3v) is 5.55. The summed E-state index contributed by atoms with van der Waals surface area (Å²) in [6, 6.07) is 5.67. The van der Waals surface area contributed by atoms with Gasteiger partial charge in [-0.15, -0.1) is 5.10 Å². The summed E-state index contributed by atoms with van der Waals surface area (Å²) in [5.41, 5.74) is 0.717. The van der Waals surface area contributed by atoms with E-state index in [4.69, 9.17) is 5.11 Å². The monoisotopic (exact) mass is 366 g/mol. The molecular weight excluding hydrogens is 348 g/mol. The Morgan fingerprint density at radius 1 is 1.24 bits per heavy atom. The Labute approximate surface area is 144 Å². The van der Waals surface area contributed by atoms with Crippen molar-refractivity contribution in [2.24, 2.45) is 0 Å². The van der Waals surface area contributed by atoms with E-state index in [9.17, 15) is 18.0 Å². The van der Waals surface area contributed by atoms with Crippen LogP contribution in [0.4, 0.5) is 0 Å². The SMILES string of the molecule is CC(C)S(=O)(=O)c1ccc(C(=O)NCc2cn(CC(=O)O)nn2)cc1. The first-order chi connectivity index (χ1) is 11.7. The van der Waals surface area contributed by atoms with Crippen molar-refractivity contribution in [3.63, 3.8) is 0 Å². The zero-order chi connectivity index (χ0) is 18.6. The predicted molar refractivity (Wildman–Crippen MR) is 87.6 cm³/mol. The normalized spacial score (nSPS) is 11.5. The standard InChI is InChI=1S/C15H18N4O5S/c1-10(2)25(23,24)13-5-3-11(4-6-13)15(22)16-7-12-8-19(18-17-12)9-14(20)21/h3-6,8,10H,7,9H2,1-2H3,(H,16,22)(H,20,21). The predicted octanol–water partition coefficient (Wildman–Crippen LogP) is 0.475. The van der Waals surface area contributed by atoms with Gasteiger partial charge in [-0.3, -0.25) is 9.59 Å². The van der Waals surface area contributed by atoms with Gasteiger partial charge in [-0.2, -0.15) is 0 Å². The van der Waals surface area contributed by atoms with Gasteiger partial charge in [0.25, 0.3) is 5.91 Å². The van der Waals surface area contributed by atoms with Crippen LogP contribution < -0.4 is 5.32 Å². The highest BCUT2D eigenvalue weighted by molar-refractivity contribution is 7.92. The third kappa shape index (κ3) is 4.63. The first-order valence-corrected chi connectivity index (χ1v) is 8.97. The number of aliphatic carboxylic acids is 1. The molecule has 0 saturated carbocycles. The molecule has 0 aliphatic carbocycles. The molecule has 10 heteroatoms. The molecule has 0 radical (unpaired) electrons. The second kappa shape index (κ2) is 7.43. The highest BCUT2D eigenvalue weighted by Gasteiger charge is 2.19. The molecule has 25 heavy (non-hydrogen) atoms. The lowest BCUT2D eigenvalue weighted by Crippen LogP contribution is -2.23. The largest absolute Gasteiger partial charge is 0.480 e. The number of nitrogens with zero attached hydrogens (tertiary/aromatic N) is 3. The van der Waals surface area contributed by atoms with Gasteiger partial charge in [0, 0.05) is 5.56 Å². The van der Waals surface area contributed by atoms with Crippen molar-refractivity contribution in [3.8, 4) is 0 Å². The van der Waals surface area contributed by atoms with Crippen LogP contribution in [0.1, 0.15) is 29.9 Å². The summed E-state index contributed by atoms with van der Waals surface area (Å²) in [7, 11) is -3.38. The van der Waals surface area contributed by atoms with Gasteiger partial charge in [0.1, 0.15) is 12.2 Å². The molecule has 2 rings (SSSR count). The Hall–Kier alpha value is -2.75. The molecular formula is C15H18N4O5S. The Bertz CT molecular complexity index is 872. The van der Waals surface area contributed by atoms with E-state index in [0.29, 0.717) is 11.3 Å². The summed E-state index contributed by atoms with van der Waals surface area (Å²) in [6.45, 7) is 2.94. The number of carbonyl (C=O) groups excluding carboxylic acids is 1. The Morgan fingerprint density at radius 3 is 2.44 bits per heavy atom. The van der Waals surface area contributed by atoms with Crippen LogP contribution in [0.15, 0.2) is 35.4 Å². The van der Waals surface area contributed by atoms with Crippen molar-refractivity contribution in [1.82, 2.24) is 20.3 Å². The number of benzene rings is 1. The van der Waals surface area contributed by atoms with Crippen LogP contribution in [0.25, 0.3) is 0 Å². The van der Waals surface area contributed by atoms with Crippen LogP contribution in [0.5, 0.6) is 0 Å². The molecule has 0 saturated heterocycles. The highest BCUT2D eigenvalue weighted by Crippen LogP contribution is 2.16. The van der Waals surface area contributed by atoms with Crippen molar-refractivity contribution in [2.75, 3.05) is 0 Å². The van der Waals surface area contributed by atoms with Gasteiger partial charge in [0.05, 0.1) is 22.9 Å². The highest BCUT2D eigenvalue weighted by atomic mass is 32.2. The molecule has 2 aromatic rings. The molecule has 1 aromatic carbocycles. The number of nitrogens with one attached hydrogen (secondary N) is 1. The topological polar surface area (TPSA) is 131 Å². The molecule has 0 atom stereocenters. The zero-order valence-corrected chi connectivity index (χ0v) is 14.5. The van der Waals surface area contributed by atoms with Crippen LogP contribution in [-0.4, -0.2) is 45.6 Å². The maximum absolute atomic E-state index is 12.1. The summed E-state index contributed by atoms with van der Waals surface area (Å²) < 4.78 is 25.2. The van der Waals surface area contributed by atoms with E-state index in [1.54, 1.807) is 13.8 Å². The zero-order valence-electron chi connectivity index (χ0n) is 13.7. The maximum Gasteiger partial charge on any atom is 0.325 e. The lowest BCUT2D eigenvalue weighted by atomic mass is 10.2. The molecule has 9 nitrogen and oxygen atoms in total. The first-order valence-electron chi connectivity index (χ1n) is 7.43. The van der Waals surface area contributed by atoms with Gasteiger partial charge in [0.2, 0.25) is 0 Å². The van der Waals surface area contributed by atoms with Crippen molar-refractivity contribution in [1.29, 1.82) is 0 Å². The number of sulfone groups is 1. The lowest BCUT2D eigenvalue weighted by Gasteiger charge is -2.08. The second-order valence-corrected chi connectivity index (χ2v) is 8.11. The smallest absolute Gasteiger partial charge is 0.325 e. The molecule has 0 spiro atoms. The van der Waals surface area contributed by atoms with E-state index in [2.05, 4.69) is 15.6 Å². The third-order valence-electron chi connectivity index (χ3n) is 3.38. The average molecular weight is 366 g/mol. The van der Waals surface area contributed by atoms with Crippen LogP contribution in [0.3, 0.4) is 0 Å². The molecule has 134 valence electrons. The number of aromatic nitrogens is 3. The fourth-order valence-corrected chi connectivity index (χ4v) is 3.04. The van der Waals surface area contributed by atoms with Gasteiger partial charge in [-0.25, -0.2) is 13.1 Å². The number of carboxylic acid groups (broad SMARTS) is 1. The Kier molecular flexibility index (Phi) is 5.52. The molecule has 0 unspecified atom stereocenters. The average Bonchev–Trinajstić information content (AvgIpc) is 2.99. The first kappa shape index (κ1) is 18.6.